The molecule has 0 radical (unpaired) electrons. The van der Waals surface area contributed by atoms with Gasteiger partial charge < -0.3 is 4.74 Å². The van der Waals surface area contributed by atoms with Crippen LogP contribution < -0.4 is 0 Å². The molecule has 0 saturated heterocycles. The van der Waals surface area contributed by atoms with E-state index in [-0.39, 0.29) is 5.97 Å². The lowest BCUT2D eigenvalue weighted by atomic mass is 10.1. The Bertz CT molecular complexity index is 271. The largest absolute Gasteiger partial charge is 0.466 e. The SMILES string of the molecule is CCCCCC/C=C\CCCCCCCCCC(=O)OCCC. The molecule has 0 spiro atoms. The Hall–Kier alpha value is -0.790. The fourth-order valence-corrected chi connectivity index (χ4v) is 2.63. The monoisotopic (exact) mass is 324 g/mol. The zero-order valence-corrected chi connectivity index (χ0v) is 15.8. The molecule has 0 aromatic heterocycles. The summed E-state index contributed by atoms with van der Waals surface area (Å²) in [7, 11) is 0. The van der Waals surface area contributed by atoms with Crippen LogP contribution >= 0.6 is 0 Å². The molecule has 0 aromatic carbocycles. The van der Waals surface area contributed by atoms with E-state index in [1.165, 1.54) is 77.0 Å². The van der Waals surface area contributed by atoms with Gasteiger partial charge in [0.2, 0.25) is 0 Å². The predicted octanol–water partition coefficient (Wildman–Crippen LogP) is 6.98. The summed E-state index contributed by atoms with van der Waals surface area (Å²) in [5.41, 5.74) is 0. The number of esters is 1. The molecule has 0 bridgehead atoms. The highest BCUT2D eigenvalue weighted by molar-refractivity contribution is 5.69. The highest BCUT2D eigenvalue weighted by Gasteiger charge is 2.01. The van der Waals surface area contributed by atoms with E-state index in [0.29, 0.717) is 13.0 Å². The zero-order valence-electron chi connectivity index (χ0n) is 15.8. The van der Waals surface area contributed by atoms with Crippen LogP contribution in [0.4, 0.5) is 0 Å². The van der Waals surface area contributed by atoms with E-state index in [1.54, 1.807) is 0 Å². The number of hydrogen-bond donors (Lipinski definition) is 0. The number of carbonyl (C=O) groups is 1. The molecule has 2 nitrogen and oxygen atoms in total. The molecule has 0 amide bonds. The molecular formula is C21H40O2. The smallest absolute Gasteiger partial charge is 0.305 e. The Morgan fingerprint density at radius 3 is 1.78 bits per heavy atom. The minimum atomic E-state index is -0.0201. The van der Waals surface area contributed by atoms with Gasteiger partial charge in [-0.15, -0.1) is 0 Å². The minimum absolute atomic E-state index is 0.0201. The van der Waals surface area contributed by atoms with Crippen molar-refractivity contribution in [3.8, 4) is 0 Å². The van der Waals surface area contributed by atoms with Crippen molar-refractivity contribution in [1.29, 1.82) is 0 Å². The van der Waals surface area contributed by atoms with Gasteiger partial charge in [0.05, 0.1) is 6.61 Å². The van der Waals surface area contributed by atoms with Gasteiger partial charge in [0.15, 0.2) is 0 Å². The maximum Gasteiger partial charge on any atom is 0.305 e. The van der Waals surface area contributed by atoms with Crippen LogP contribution in [0.25, 0.3) is 0 Å². The Morgan fingerprint density at radius 2 is 1.22 bits per heavy atom. The molecule has 23 heavy (non-hydrogen) atoms. The summed E-state index contributed by atoms with van der Waals surface area (Å²) >= 11 is 0. The van der Waals surface area contributed by atoms with Gasteiger partial charge in [-0.3, -0.25) is 4.79 Å². The number of carbonyl (C=O) groups excluding carboxylic acids is 1. The summed E-state index contributed by atoms with van der Waals surface area (Å²) in [5, 5.41) is 0. The van der Waals surface area contributed by atoms with Crippen LogP contribution in [0, 0.1) is 0 Å². The predicted molar refractivity (Wildman–Crippen MR) is 101 cm³/mol. The third-order valence-corrected chi connectivity index (χ3v) is 4.11. The van der Waals surface area contributed by atoms with Crippen LogP contribution in [0.2, 0.25) is 0 Å². The molecule has 0 atom stereocenters. The van der Waals surface area contributed by atoms with Crippen LogP contribution in [0.5, 0.6) is 0 Å². The van der Waals surface area contributed by atoms with Crippen molar-refractivity contribution in [2.75, 3.05) is 6.61 Å². The third-order valence-electron chi connectivity index (χ3n) is 4.11. The van der Waals surface area contributed by atoms with Crippen molar-refractivity contribution < 1.29 is 9.53 Å². The normalized spacial score (nSPS) is 11.2. The molecule has 0 fully saturated rings. The fraction of sp³-hybridized carbons (Fsp3) is 0.857. The lowest BCUT2D eigenvalue weighted by Gasteiger charge is -2.03. The van der Waals surface area contributed by atoms with E-state index in [9.17, 15) is 4.79 Å². The summed E-state index contributed by atoms with van der Waals surface area (Å²) in [6.45, 7) is 4.86. The van der Waals surface area contributed by atoms with Crippen molar-refractivity contribution in [1.82, 2.24) is 0 Å². The number of rotatable bonds is 17. The summed E-state index contributed by atoms with van der Waals surface area (Å²) in [6.07, 6.45) is 23.0. The van der Waals surface area contributed by atoms with Gasteiger partial charge in [-0.05, 0) is 38.5 Å². The average Bonchev–Trinajstić information content (AvgIpc) is 2.56. The van der Waals surface area contributed by atoms with Gasteiger partial charge >= 0.3 is 5.97 Å². The molecule has 2 heteroatoms. The number of allylic oxidation sites excluding steroid dienone is 2. The first-order chi connectivity index (χ1) is 11.3. The van der Waals surface area contributed by atoms with Gasteiger partial charge in [-0.2, -0.15) is 0 Å². The molecule has 136 valence electrons. The lowest BCUT2D eigenvalue weighted by molar-refractivity contribution is -0.143. The van der Waals surface area contributed by atoms with E-state index >= 15 is 0 Å². The second kappa shape index (κ2) is 19.3. The van der Waals surface area contributed by atoms with Crippen LogP contribution in [0.15, 0.2) is 12.2 Å². The molecule has 0 aliphatic carbocycles. The van der Waals surface area contributed by atoms with Crippen molar-refractivity contribution >= 4 is 5.97 Å². The summed E-state index contributed by atoms with van der Waals surface area (Å²) in [6, 6.07) is 0. The molecule has 0 aromatic rings. The quantitative estimate of drug-likeness (QED) is 0.164. The Labute approximate surface area is 145 Å². The maximum absolute atomic E-state index is 11.3. The Balaban J connectivity index is 3.13. The molecule has 0 unspecified atom stereocenters. The number of ether oxygens (including phenoxy) is 1. The second-order valence-electron chi connectivity index (χ2n) is 6.55. The Kier molecular flexibility index (Phi) is 18.6. The third kappa shape index (κ3) is 19.2. The fourth-order valence-electron chi connectivity index (χ4n) is 2.63. The first kappa shape index (κ1) is 22.2. The first-order valence-electron chi connectivity index (χ1n) is 10.1. The van der Waals surface area contributed by atoms with Crippen molar-refractivity contribution in [3.63, 3.8) is 0 Å². The van der Waals surface area contributed by atoms with Gasteiger partial charge in [0, 0.05) is 6.42 Å². The van der Waals surface area contributed by atoms with Gasteiger partial charge in [-0.1, -0.05) is 77.4 Å². The number of hydrogen-bond acceptors (Lipinski definition) is 2. The summed E-state index contributed by atoms with van der Waals surface area (Å²) < 4.78 is 5.06. The molecule has 0 N–H and O–H groups in total. The van der Waals surface area contributed by atoms with Crippen molar-refractivity contribution in [3.05, 3.63) is 12.2 Å². The van der Waals surface area contributed by atoms with E-state index < -0.39 is 0 Å². The zero-order chi connectivity index (χ0) is 17.0. The standard InChI is InChI=1S/C21H40O2/c1-3-5-6-7-8-9-10-11-12-13-14-15-16-17-18-19-21(22)23-20-4-2/h9-10H,3-8,11-20H2,1-2H3/b10-9-. The molecular weight excluding hydrogens is 284 g/mol. The molecule has 0 aliphatic rings. The summed E-state index contributed by atoms with van der Waals surface area (Å²) in [5.74, 6) is -0.0201. The highest BCUT2D eigenvalue weighted by Crippen LogP contribution is 2.11. The summed E-state index contributed by atoms with van der Waals surface area (Å²) in [4.78, 5) is 11.3. The Morgan fingerprint density at radius 1 is 0.696 bits per heavy atom. The maximum atomic E-state index is 11.3. The first-order valence-corrected chi connectivity index (χ1v) is 10.1. The molecule has 0 aliphatic heterocycles. The number of unbranched alkanes of at least 4 members (excludes halogenated alkanes) is 11. The van der Waals surface area contributed by atoms with Gasteiger partial charge in [0.25, 0.3) is 0 Å². The van der Waals surface area contributed by atoms with Crippen LogP contribution in [0.1, 0.15) is 110 Å². The van der Waals surface area contributed by atoms with Crippen molar-refractivity contribution in [2.45, 2.75) is 110 Å². The van der Waals surface area contributed by atoms with Crippen LogP contribution in [-0.4, -0.2) is 12.6 Å². The van der Waals surface area contributed by atoms with Gasteiger partial charge in [0.1, 0.15) is 0 Å². The highest BCUT2D eigenvalue weighted by atomic mass is 16.5. The second-order valence-corrected chi connectivity index (χ2v) is 6.55. The average molecular weight is 325 g/mol. The van der Waals surface area contributed by atoms with Crippen LogP contribution in [-0.2, 0) is 9.53 Å². The molecule has 0 heterocycles. The topological polar surface area (TPSA) is 26.3 Å². The van der Waals surface area contributed by atoms with Gasteiger partial charge in [-0.25, -0.2) is 0 Å². The lowest BCUT2D eigenvalue weighted by Crippen LogP contribution is -2.04. The van der Waals surface area contributed by atoms with Crippen molar-refractivity contribution in [2.24, 2.45) is 0 Å². The van der Waals surface area contributed by atoms with E-state index in [2.05, 4.69) is 19.1 Å². The van der Waals surface area contributed by atoms with E-state index in [4.69, 9.17) is 4.74 Å². The van der Waals surface area contributed by atoms with E-state index in [0.717, 1.165) is 12.8 Å². The minimum Gasteiger partial charge on any atom is -0.466 e. The van der Waals surface area contributed by atoms with E-state index in [1.807, 2.05) is 6.92 Å². The molecule has 0 saturated carbocycles. The molecule has 0 rings (SSSR count). The van der Waals surface area contributed by atoms with Crippen LogP contribution in [0.3, 0.4) is 0 Å².